The third-order valence-electron chi connectivity index (χ3n) is 4.04. The van der Waals surface area contributed by atoms with E-state index in [1.807, 2.05) is 11.8 Å². The van der Waals surface area contributed by atoms with Gasteiger partial charge in [0, 0.05) is 38.5 Å². The second-order valence-corrected chi connectivity index (χ2v) is 7.96. The maximum absolute atomic E-state index is 12.0. The Bertz CT molecular complexity index is 520. The van der Waals surface area contributed by atoms with Gasteiger partial charge in [-0.1, -0.05) is 0 Å². The number of amides is 2. The summed E-state index contributed by atoms with van der Waals surface area (Å²) in [4.78, 5) is 27.3. The molecule has 0 aromatic carbocycles. The summed E-state index contributed by atoms with van der Waals surface area (Å²) in [6.07, 6.45) is 2.61. The van der Waals surface area contributed by atoms with E-state index in [2.05, 4.69) is 5.32 Å². The van der Waals surface area contributed by atoms with E-state index in [1.54, 1.807) is 4.90 Å². The maximum Gasteiger partial charge on any atom is 0.239 e. The molecule has 2 aliphatic rings. The second kappa shape index (κ2) is 6.31. The minimum atomic E-state index is -3.29. The lowest BCUT2D eigenvalue weighted by Gasteiger charge is -2.20. The highest BCUT2D eigenvalue weighted by atomic mass is 32.2. The van der Waals surface area contributed by atoms with Crippen molar-refractivity contribution in [1.82, 2.24) is 15.1 Å². The molecule has 0 radical (unpaired) electrons. The highest BCUT2D eigenvalue weighted by Gasteiger charge is 2.35. The van der Waals surface area contributed by atoms with Crippen LogP contribution in [-0.4, -0.2) is 80.3 Å². The molecule has 120 valence electrons. The Kier molecular flexibility index (Phi) is 4.88. The molecule has 2 atom stereocenters. The van der Waals surface area contributed by atoms with Gasteiger partial charge in [-0.05, 0) is 19.8 Å². The Labute approximate surface area is 125 Å². The molecular formula is C13H23N3O4S. The van der Waals surface area contributed by atoms with E-state index in [0.717, 1.165) is 32.2 Å². The normalized spacial score (nSPS) is 26.7. The Morgan fingerprint density at radius 2 is 2.05 bits per heavy atom. The number of nitrogens with one attached hydrogen (secondary N) is 1. The smallest absolute Gasteiger partial charge is 0.239 e. The summed E-state index contributed by atoms with van der Waals surface area (Å²) in [5.41, 5.74) is 0. The van der Waals surface area contributed by atoms with Crippen LogP contribution in [0, 0.1) is 0 Å². The summed E-state index contributed by atoms with van der Waals surface area (Å²) in [6.45, 7) is 4.48. The Morgan fingerprint density at radius 1 is 1.33 bits per heavy atom. The molecule has 2 saturated heterocycles. The third-order valence-corrected chi connectivity index (χ3v) is 4.81. The van der Waals surface area contributed by atoms with Crippen LogP contribution in [0.1, 0.15) is 19.8 Å². The fraction of sp³-hybridized carbons (Fsp3) is 0.846. The molecule has 0 saturated carbocycles. The zero-order valence-electron chi connectivity index (χ0n) is 12.5. The van der Waals surface area contributed by atoms with E-state index in [0.29, 0.717) is 13.1 Å². The molecule has 2 aliphatic heterocycles. The molecule has 0 aliphatic carbocycles. The predicted molar refractivity (Wildman–Crippen MR) is 78.5 cm³/mol. The summed E-state index contributed by atoms with van der Waals surface area (Å²) in [6, 6.07) is -0.0980. The van der Waals surface area contributed by atoms with E-state index in [4.69, 9.17) is 0 Å². The van der Waals surface area contributed by atoms with Gasteiger partial charge in [-0.2, -0.15) is 0 Å². The molecule has 0 bridgehead atoms. The van der Waals surface area contributed by atoms with E-state index >= 15 is 0 Å². The average Bonchev–Trinajstić information content (AvgIpc) is 2.96. The first-order chi connectivity index (χ1) is 9.80. The van der Waals surface area contributed by atoms with Crippen LogP contribution >= 0.6 is 0 Å². The molecule has 2 fully saturated rings. The number of rotatable bonds is 5. The summed E-state index contributed by atoms with van der Waals surface area (Å²) < 4.78 is 22.3. The summed E-state index contributed by atoms with van der Waals surface area (Å²) in [5.74, 6) is -0.667. The van der Waals surface area contributed by atoms with Gasteiger partial charge >= 0.3 is 0 Å². The zero-order valence-corrected chi connectivity index (χ0v) is 13.4. The van der Waals surface area contributed by atoms with Crippen LogP contribution in [0.3, 0.4) is 0 Å². The van der Waals surface area contributed by atoms with Gasteiger partial charge in [0.15, 0.2) is 9.84 Å². The van der Waals surface area contributed by atoms with Crippen molar-refractivity contribution in [3.05, 3.63) is 0 Å². The molecule has 0 aromatic heterocycles. The molecule has 8 heteroatoms. The van der Waals surface area contributed by atoms with Crippen molar-refractivity contribution in [2.45, 2.75) is 31.8 Å². The van der Waals surface area contributed by atoms with Crippen molar-refractivity contribution < 1.29 is 18.0 Å². The highest BCUT2D eigenvalue weighted by molar-refractivity contribution is 7.91. The second-order valence-electron chi connectivity index (χ2n) is 5.82. The molecule has 2 heterocycles. The van der Waals surface area contributed by atoms with Gasteiger partial charge < -0.3 is 15.1 Å². The Morgan fingerprint density at radius 3 is 2.62 bits per heavy atom. The maximum atomic E-state index is 12.0. The molecule has 0 aromatic rings. The fourth-order valence-corrected chi connectivity index (χ4v) is 3.56. The first-order valence-corrected chi connectivity index (χ1v) is 9.36. The quantitative estimate of drug-likeness (QED) is 0.691. The Balaban J connectivity index is 1.83. The van der Waals surface area contributed by atoms with Crippen LogP contribution in [0.4, 0.5) is 0 Å². The number of nitrogens with zero attached hydrogens (tertiary/aromatic N) is 2. The van der Waals surface area contributed by atoms with Crippen LogP contribution in [0.2, 0.25) is 0 Å². The number of sulfone groups is 1. The van der Waals surface area contributed by atoms with Crippen molar-refractivity contribution >= 4 is 21.7 Å². The number of likely N-dealkylation sites (N-methyl/N-ethyl adjacent to an activating group) is 1. The number of likely N-dealkylation sites (tertiary alicyclic amines) is 2. The number of hydrogen-bond acceptors (Lipinski definition) is 5. The number of carbonyl (C=O) groups is 2. The monoisotopic (exact) mass is 317 g/mol. The molecule has 2 unspecified atom stereocenters. The van der Waals surface area contributed by atoms with Crippen molar-refractivity contribution in [3.8, 4) is 0 Å². The molecular weight excluding hydrogens is 294 g/mol. The summed E-state index contributed by atoms with van der Waals surface area (Å²) >= 11 is 0. The van der Waals surface area contributed by atoms with Crippen molar-refractivity contribution in [2.24, 2.45) is 0 Å². The molecule has 21 heavy (non-hydrogen) atoms. The minimum absolute atomic E-state index is 0.0688. The lowest BCUT2D eigenvalue weighted by atomic mass is 10.2. The van der Waals surface area contributed by atoms with Gasteiger partial charge in [0.1, 0.15) is 5.75 Å². The third kappa shape index (κ3) is 4.16. The van der Waals surface area contributed by atoms with E-state index in [1.165, 1.54) is 0 Å². The molecule has 2 amide bonds. The summed E-state index contributed by atoms with van der Waals surface area (Å²) in [7, 11) is -3.29. The lowest BCUT2D eigenvalue weighted by Crippen LogP contribution is -2.45. The van der Waals surface area contributed by atoms with E-state index < -0.39 is 15.6 Å². The van der Waals surface area contributed by atoms with Crippen molar-refractivity contribution in [1.29, 1.82) is 0 Å². The topological polar surface area (TPSA) is 86.8 Å². The molecule has 0 spiro atoms. The van der Waals surface area contributed by atoms with Crippen LogP contribution in [0.5, 0.6) is 0 Å². The van der Waals surface area contributed by atoms with E-state index in [-0.39, 0.29) is 23.9 Å². The van der Waals surface area contributed by atoms with Gasteiger partial charge in [-0.25, -0.2) is 8.42 Å². The summed E-state index contributed by atoms with van der Waals surface area (Å²) in [5, 5.41) is 3.31. The fourth-order valence-electron chi connectivity index (χ4n) is 2.93. The first kappa shape index (κ1) is 16.2. The standard InChI is InChI=1S/C13H23N3O4S/c1-3-15-7-5-11(13(15)18)14-10-4-6-16(8-10)12(17)9-21(2,19)20/h10-11,14H,3-9H2,1-2H3. The largest absolute Gasteiger partial charge is 0.342 e. The van der Waals surface area contributed by atoms with E-state index in [9.17, 15) is 18.0 Å². The SMILES string of the molecule is CCN1CCC(NC2CCN(C(=O)CS(C)(=O)=O)C2)C1=O. The van der Waals surface area contributed by atoms with Crippen LogP contribution < -0.4 is 5.32 Å². The van der Waals surface area contributed by atoms with Gasteiger partial charge in [-0.3, -0.25) is 9.59 Å². The number of hydrogen-bond donors (Lipinski definition) is 1. The van der Waals surface area contributed by atoms with Crippen LogP contribution in [0.15, 0.2) is 0 Å². The Hall–Kier alpha value is -1.15. The molecule has 2 rings (SSSR count). The lowest BCUT2D eigenvalue weighted by molar-refractivity contribution is -0.129. The van der Waals surface area contributed by atoms with Gasteiger partial charge in [0.05, 0.1) is 6.04 Å². The van der Waals surface area contributed by atoms with Crippen molar-refractivity contribution in [3.63, 3.8) is 0 Å². The van der Waals surface area contributed by atoms with Gasteiger partial charge in [-0.15, -0.1) is 0 Å². The zero-order chi connectivity index (χ0) is 15.6. The average molecular weight is 317 g/mol. The van der Waals surface area contributed by atoms with Crippen LogP contribution in [-0.2, 0) is 19.4 Å². The van der Waals surface area contributed by atoms with Crippen molar-refractivity contribution in [2.75, 3.05) is 38.2 Å². The minimum Gasteiger partial charge on any atom is -0.342 e. The van der Waals surface area contributed by atoms with Gasteiger partial charge in [0.25, 0.3) is 0 Å². The molecule has 7 nitrogen and oxygen atoms in total. The first-order valence-electron chi connectivity index (χ1n) is 7.30. The van der Waals surface area contributed by atoms with Gasteiger partial charge in [0.2, 0.25) is 11.8 Å². The highest BCUT2D eigenvalue weighted by Crippen LogP contribution is 2.15. The number of carbonyl (C=O) groups excluding carboxylic acids is 2. The molecule has 1 N–H and O–H groups in total. The van der Waals surface area contributed by atoms with Crippen LogP contribution in [0.25, 0.3) is 0 Å². The predicted octanol–water partition coefficient (Wildman–Crippen LogP) is -1.16.